The van der Waals surface area contributed by atoms with E-state index in [2.05, 4.69) is 25.8 Å². The Morgan fingerprint density at radius 3 is 2.88 bits per heavy atom. The van der Waals surface area contributed by atoms with Crippen LogP contribution in [0.5, 0.6) is 5.75 Å². The van der Waals surface area contributed by atoms with Crippen molar-refractivity contribution in [2.75, 3.05) is 5.73 Å². The van der Waals surface area contributed by atoms with Crippen LogP contribution in [0.4, 0.5) is 5.69 Å². The SMILES string of the molecule is CCC(C)(C)Oc1ccc2scnc2c1N. The standard InChI is InChI=1S/C12H16N2OS/c1-4-12(2,3)15-8-5-6-9-11(10(8)13)14-7-16-9/h5-7H,4,13H2,1-3H3. The van der Waals surface area contributed by atoms with Gasteiger partial charge >= 0.3 is 0 Å². The number of aromatic nitrogens is 1. The summed E-state index contributed by atoms with van der Waals surface area (Å²) in [6.07, 6.45) is 0.932. The molecule has 0 aliphatic carbocycles. The highest BCUT2D eigenvalue weighted by atomic mass is 32.1. The Bertz CT molecular complexity index is 505. The predicted molar refractivity (Wildman–Crippen MR) is 69.0 cm³/mol. The third-order valence-corrected chi connectivity index (χ3v) is 3.53. The zero-order valence-corrected chi connectivity index (χ0v) is 10.6. The molecule has 16 heavy (non-hydrogen) atoms. The van der Waals surface area contributed by atoms with Gasteiger partial charge in [-0.05, 0) is 32.4 Å². The smallest absolute Gasteiger partial charge is 0.145 e. The summed E-state index contributed by atoms with van der Waals surface area (Å²) in [7, 11) is 0. The molecule has 1 aromatic carbocycles. The topological polar surface area (TPSA) is 48.1 Å². The third-order valence-electron chi connectivity index (χ3n) is 2.74. The van der Waals surface area contributed by atoms with Crippen molar-refractivity contribution in [3.8, 4) is 5.75 Å². The van der Waals surface area contributed by atoms with E-state index in [1.807, 2.05) is 12.1 Å². The molecule has 2 aromatic rings. The van der Waals surface area contributed by atoms with Gasteiger partial charge in [0.15, 0.2) is 0 Å². The summed E-state index contributed by atoms with van der Waals surface area (Å²) in [5, 5.41) is 0. The van der Waals surface area contributed by atoms with E-state index in [-0.39, 0.29) is 5.60 Å². The van der Waals surface area contributed by atoms with Gasteiger partial charge in [0.2, 0.25) is 0 Å². The summed E-state index contributed by atoms with van der Waals surface area (Å²) >= 11 is 1.59. The molecule has 4 heteroatoms. The Kier molecular flexibility index (Phi) is 2.76. The van der Waals surface area contributed by atoms with Gasteiger partial charge in [0.1, 0.15) is 22.6 Å². The van der Waals surface area contributed by atoms with Gasteiger partial charge in [0, 0.05) is 0 Å². The Morgan fingerprint density at radius 2 is 2.19 bits per heavy atom. The summed E-state index contributed by atoms with van der Waals surface area (Å²) in [6, 6.07) is 3.93. The molecule has 1 aromatic heterocycles. The summed E-state index contributed by atoms with van der Waals surface area (Å²) < 4.78 is 7.00. The quantitative estimate of drug-likeness (QED) is 0.830. The Labute approximate surface area is 99.3 Å². The van der Waals surface area contributed by atoms with E-state index in [0.717, 1.165) is 22.4 Å². The number of rotatable bonds is 3. The summed E-state index contributed by atoms with van der Waals surface area (Å²) in [5.41, 5.74) is 9.13. The Hall–Kier alpha value is -1.29. The summed E-state index contributed by atoms with van der Waals surface area (Å²) in [5.74, 6) is 0.727. The molecule has 0 bridgehead atoms. The Morgan fingerprint density at radius 1 is 1.44 bits per heavy atom. The van der Waals surface area contributed by atoms with Gasteiger partial charge in [-0.1, -0.05) is 6.92 Å². The van der Waals surface area contributed by atoms with Crippen molar-refractivity contribution in [1.29, 1.82) is 0 Å². The minimum Gasteiger partial charge on any atom is -0.486 e. The van der Waals surface area contributed by atoms with Crippen molar-refractivity contribution in [3.05, 3.63) is 17.6 Å². The number of benzene rings is 1. The molecular formula is C12H16N2OS. The van der Waals surface area contributed by atoms with Crippen molar-refractivity contribution in [3.63, 3.8) is 0 Å². The van der Waals surface area contributed by atoms with Gasteiger partial charge in [-0.2, -0.15) is 0 Å². The number of ether oxygens (including phenoxy) is 1. The Balaban J connectivity index is 2.41. The first-order valence-corrected chi connectivity index (χ1v) is 6.22. The van der Waals surface area contributed by atoms with Crippen LogP contribution in [0.1, 0.15) is 27.2 Å². The number of anilines is 1. The molecule has 86 valence electrons. The van der Waals surface area contributed by atoms with E-state index < -0.39 is 0 Å². The lowest BCUT2D eigenvalue weighted by Gasteiger charge is -2.25. The van der Waals surface area contributed by atoms with Gasteiger partial charge in [-0.15, -0.1) is 11.3 Å². The van der Waals surface area contributed by atoms with E-state index in [1.165, 1.54) is 0 Å². The number of thiazole rings is 1. The molecule has 2 rings (SSSR count). The molecular weight excluding hydrogens is 220 g/mol. The number of nitrogens with zero attached hydrogens (tertiary/aromatic N) is 1. The van der Waals surface area contributed by atoms with Gasteiger partial charge in [-0.25, -0.2) is 4.98 Å². The second kappa shape index (κ2) is 3.94. The second-order valence-electron chi connectivity index (χ2n) is 4.39. The lowest BCUT2D eigenvalue weighted by Crippen LogP contribution is -2.27. The fourth-order valence-electron chi connectivity index (χ4n) is 1.39. The highest BCUT2D eigenvalue weighted by molar-refractivity contribution is 7.16. The van der Waals surface area contributed by atoms with Crippen molar-refractivity contribution in [2.45, 2.75) is 32.8 Å². The van der Waals surface area contributed by atoms with Crippen molar-refractivity contribution in [1.82, 2.24) is 4.98 Å². The maximum absolute atomic E-state index is 6.04. The molecule has 0 fully saturated rings. The molecule has 0 unspecified atom stereocenters. The molecule has 0 saturated heterocycles. The highest BCUT2D eigenvalue weighted by Gasteiger charge is 2.19. The van der Waals surface area contributed by atoms with Gasteiger partial charge in [0.05, 0.1) is 10.2 Å². The summed E-state index contributed by atoms with van der Waals surface area (Å²) in [6.45, 7) is 6.20. The lowest BCUT2D eigenvalue weighted by molar-refractivity contribution is 0.106. The van der Waals surface area contributed by atoms with Crippen LogP contribution in [0.15, 0.2) is 17.6 Å². The van der Waals surface area contributed by atoms with Gasteiger partial charge in [0.25, 0.3) is 0 Å². The van der Waals surface area contributed by atoms with E-state index in [4.69, 9.17) is 10.5 Å². The van der Waals surface area contributed by atoms with E-state index >= 15 is 0 Å². The largest absolute Gasteiger partial charge is 0.486 e. The minimum absolute atomic E-state index is 0.197. The van der Waals surface area contributed by atoms with Crippen LogP contribution in [-0.4, -0.2) is 10.6 Å². The second-order valence-corrected chi connectivity index (χ2v) is 5.28. The van der Waals surface area contributed by atoms with Crippen LogP contribution in [0.25, 0.3) is 10.2 Å². The van der Waals surface area contributed by atoms with Crippen LogP contribution in [0, 0.1) is 0 Å². The normalized spacial score (nSPS) is 11.9. The number of hydrogen-bond donors (Lipinski definition) is 1. The zero-order chi connectivity index (χ0) is 11.8. The molecule has 0 radical (unpaired) electrons. The molecule has 0 saturated carbocycles. The fraction of sp³-hybridized carbons (Fsp3) is 0.417. The molecule has 0 amide bonds. The first kappa shape index (κ1) is 11.2. The van der Waals surface area contributed by atoms with Gasteiger partial charge < -0.3 is 10.5 Å². The maximum Gasteiger partial charge on any atom is 0.145 e. The van der Waals surface area contributed by atoms with E-state index in [1.54, 1.807) is 16.8 Å². The maximum atomic E-state index is 6.04. The van der Waals surface area contributed by atoms with Crippen LogP contribution >= 0.6 is 11.3 Å². The van der Waals surface area contributed by atoms with Crippen LogP contribution < -0.4 is 10.5 Å². The van der Waals surface area contributed by atoms with Crippen LogP contribution in [-0.2, 0) is 0 Å². The molecule has 3 nitrogen and oxygen atoms in total. The number of nitrogen functional groups attached to an aromatic ring is 1. The molecule has 0 atom stereocenters. The van der Waals surface area contributed by atoms with Crippen LogP contribution in [0.3, 0.4) is 0 Å². The average molecular weight is 236 g/mol. The number of hydrogen-bond acceptors (Lipinski definition) is 4. The average Bonchev–Trinajstić information content (AvgIpc) is 2.71. The minimum atomic E-state index is -0.197. The first-order valence-electron chi connectivity index (χ1n) is 5.34. The third kappa shape index (κ3) is 1.97. The lowest BCUT2D eigenvalue weighted by atomic mass is 10.1. The fourth-order valence-corrected chi connectivity index (χ4v) is 2.09. The molecule has 0 spiro atoms. The van der Waals surface area contributed by atoms with Crippen molar-refractivity contribution < 1.29 is 4.74 Å². The van der Waals surface area contributed by atoms with E-state index in [0.29, 0.717) is 5.69 Å². The highest BCUT2D eigenvalue weighted by Crippen LogP contribution is 2.34. The summed E-state index contributed by atoms with van der Waals surface area (Å²) in [4.78, 5) is 4.25. The monoisotopic (exact) mass is 236 g/mol. The van der Waals surface area contributed by atoms with E-state index in [9.17, 15) is 0 Å². The number of nitrogens with two attached hydrogens (primary N) is 1. The van der Waals surface area contributed by atoms with Crippen molar-refractivity contribution in [2.24, 2.45) is 0 Å². The molecule has 0 aliphatic rings. The molecule has 1 heterocycles. The van der Waals surface area contributed by atoms with Crippen LogP contribution in [0.2, 0.25) is 0 Å². The zero-order valence-electron chi connectivity index (χ0n) is 9.78. The number of fused-ring (bicyclic) bond motifs is 1. The van der Waals surface area contributed by atoms with Crippen molar-refractivity contribution >= 4 is 27.2 Å². The molecule has 2 N–H and O–H groups in total. The predicted octanol–water partition coefficient (Wildman–Crippen LogP) is 3.45. The first-order chi connectivity index (χ1) is 7.53. The van der Waals surface area contributed by atoms with Gasteiger partial charge in [-0.3, -0.25) is 0 Å². The molecule has 0 aliphatic heterocycles.